The van der Waals surface area contributed by atoms with Crippen molar-refractivity contribution in [3.8, 4) is 0 Å². The highest BCUT2D eigenvalue weighted by Crippen LogP contribution is 2.28. The van der Waals surface area contributed by atoms with Crippen LogP contribution in [0.4, 0.5) is 10.1 Å². The molecule has 1 aromatic carbocycles. The smallest absolute Gasteiger partial charge is 0.278 e. The zero-order valence-corrected chi connectivity index (χ0v) is 12.2. The normalized spacial score (nSPS) is 17.4. The first-order chi connectivity index (χ1) is 10.0. The average molecular weight is 309 g/mol. The largest absolute Gasteiger partial charge is 0.360 e. The predicted octanol–water partition coefficient (Wildman–Crippen LogP) is 3.84. The van der Waals surface area contributed by atoms with Crippen molar-refractivity contribution < 1.29 is 13.7 Å². The van der Waals surface area contributed by atoms with E-state index in [0.717, 1.165) is 30.6 Å². The number of aryl methyl sites for hydroxylation is 1. The van der Waals surface area contributed by atoms with Crippen molar-refractivity contribution in [2.45, 2.75) is 26.2 Å². The highest BCUT2D eigenvalue weighted by molar-refractivity contribution is 6.31. The van der Waals surface area contributed by atoms with Gasteiger partial charge in [-0.1, -0.05) is 23.7 Å². The van der Waals surface area contributed by atoms with Gasteiger partial charge in [-0.2, -0.15) is 0 Å². The molecule has 6 heteroatoms. The molecule has 110 valence electrons. The summed E-state index contributed by atoms with van der Waals surface area (Å²) < 4.78 is 18.3. The predicted molar refractivity (Wildman–Crippen MR) is 77.1 cm³/mol. The molecule has 1 aliphatic carbocycles. The minimum absolute atomic E-state index is 0.0383. The molecule has 21 heavy (non-hydrogen) atoms. The number of carbonyl (C=O) groups excluding carboxylic acids is 1. The third-order valence-electron chi connectivity index (χ3n) is 3.68. The first-order valence-corrected chi connectivity index (χ1v) is 7.16. The third-order valence-corrected chi connectivity index (χ3v) is 3.97. The van der Waals surface area contributed by atoms with Gasteiger partial charge in [0.15, 0.2) is 5.69 Å². The van der Waals surface area contributed by atoms with Crippen LogP contribution in [-0.4, -0.2) is 11.1 Å². The number of rotatable bonds is 2. The fourth-order valence-electron chi connectivity index (χ4n) is 2.52. The van der Waals surface area contributed by atoms with Crippen LogP contribution in [0.15, 0.2) is 22.7 Å². The summed E-state index contributed by atoms with van der Waals surface area (Å²) >= 11 is 5.70. The van der Waals surface area contributed by atoms with Crippen molar-refractivity contribution >= 4 is 23.2 Å². The maximum atomic E-state index is 13.1. The van der Waals surface area contributed by atoms with Gasteiger partial charge in [0.2, 0.25) is 0 Å². The third kappa shape index (κ3) is 2.78. The summed E-state index contributed by atoms with van der Waals surface area (Å²) in [5.41, 5.74) is 1.60. The topological polar surface area (TPSA) is 55.1 Å². The molecule has 1 atom stereocenters. The number of aromatic nitrogens is 1. The number of anilines is 1. The monoisotopic (exact) mass is 308 g/mol. The Bertz CT molecular complexity index is 699. The fourth-order valence-corrected chi connectivity index (χ4v) is 2.70. The molecular weight excluding hydrogens is 295 g/mol. The number of halogens is 2. The van der Waals surface area contributed by atoms with E-state index in [-0.39, 0.29) is 10.9 Å². The quantitative estimate of drug-likeness (QED) is 0.917. The molecule has 0 aliphatic heterocycles. The highest BCUT2D eigenvalue weighted by atomic mass is 35.5. The second kappa shape index (κ2) is 5.48. The molecule has 4 nitrogen and oxygen atoms in total. The van der Waals surface area contributed by atoms with E-state index in [1.54, 1.807) is 0 Å². The number of hydrogen-bond acceptors (Lipinski definition) is 3. The Morgan fingerprint density at radius 3 is 3.10 bits per heavy atom. The van der Waals surface area contributed by atoms with Crippen molar-refractivity contribution in [3.05, 3.63) is 46.1 Å². The SMILES string of the molecule is C[C@@H]1CCc2onc(C(=O)Nc3ccc(F)c(Cl)c3)c2C1. The Kier molecular flexibility index (Phi) is 3.68. The van der Waals surface area contributed by atoms with E-state index < -0.39 is 5.82 Å². The van der Waals surface area contributed by atoms with Crippen LogP contribution in [0.1, 0.15) is 35.2 Å². The van der Waals surface area contributed by atoms with Crippen LogP contribution in [0.5, 0.6) is 0 Å². The van der Waals surface area contributed by atoms with E-state index in [4.69, 9.17) is 16.1 Å². The van der Waals surface area contributed by atoms with Gasteiger partial charge in [0.25, 0.3) is 5.91 Å². The Morgan fingerprint density at radius 1 is 1.52 bits per heavy atom. The second-order valence-electron chi connectivity index (χ2n) is 5.36. The van der Waals surface area contributed by atoms with Crippen molar-refractivity contribution in [3.63, 3.8) is 0 Å². The van der Waals surface area contributed by atoms with Crippen LogP contribution in [0.25, 0.3) is 0 Å². The Morgan fingerprint density at radius 2 is 2.33 bits per heavy atom. The van der Waals surface area contributed by atoms with Crippen LogP contribution in [0.2, 0.25) is 5.02 Å². The molecule has 3 rings (SSSR count). The molecule has 0 saturated carbocycles. The van der Waals surface area contributed by atoms with Gasteiger partial charge >= 0.3 is 0 Å². The fraction of sp³-hybridized carbons (Fsp3) is 0.333. The molecule has 0 bridgehead atoms. The van der Waals surface area contributed by atoms with Gasteiger partial charge in [-0.15, -0.1) is 0 Å². The van der Waals surface area contributed by atoms with Crippen molar-refractivity contribution in [2.24, 2.45) is 5.92 Å². The lowest BCUT2D eigenvalue weighted by Gasteiger charge is -2.16. The van der Waals surface area contributed by atoms with E-state index >= 15 is 0 Å². The summed E-state index contributed by atoms with van der Waals surface area (Å²) in [5.74, 6) is 0.401. The summed E-state index contributed by atoms with van der Waals surface area (Å²) in [4.78, 5) is 12.3. The minimum atomic E-state index is -0.526. The van der Waals surface area contributed by atoms with Gasteiger partial charge in [0, 0.05) is 17.7 Å². The summed E-state index contributed by atoms with van der Waals surface area (Å²) in [5, 5.41) is 6.50. The maximum Gasteiger partial charge on any atom is 0.278 e. The van der Waals surface area contributed by atoms with Gasteiger partial charge in [-0.25, -0.2) is 4.39 Å². The summed E-state index contributed by atoms with van der Waals surface area (Å²) in [7, 11) is 0. The lowest BCUT2D eigenvalue weighted by molar-refractivity contribution is 0.101. The van der Waals surface area contributed by atoms with Gasteiger partial charge in [0.05, 0.1) is 5.02 Å². The molecule has 1 heterocycles. The summed E-state index contributed by atoms with van der Waals surface area (Å²) in [6.45, 7) is 2.14. The molecule has 1 aromatic heterocycles. The van der Waals surface area contributed by atoms with Crippen LogP contribution in [-0.2, 0) is 12.8 Å². The van der Waals surface area contributed by atoms with Gasteiger partial charge in [-0.05, 0) is 37.0 Å². The molecule has 1 N–H and O–H groups in total. The molecule has 0 saturated heterocycles. The van der Waals surface area contributed by atoms with E-state index in [1.807, 2.05) is 0 Å². The van der Waals surface area contributed by atoms with Gasteiger partial charge < -0.3 is 9.84 Å². The number of benzene rings is 1. The van der Waals surface area contributed by atoms with Gasteiger partial charge in [0.1, 0.15) is 11.6 Å². The van der Waals surface area contributed by atoms with E-state index in [9.17, 15) is 9.18 Å². The number of hydrogen-bond donors (Lipinski definition) is 1. The second-order valence-corrected chi connectivity index (χ2v) is 5.77. The lowest BCUT2D eigenvalue weighted by atomic mass is 9.88. The molecule has 1 aliphatic rings. The minimum Gasteiger partial charge on any atom is -0.360 e. The van der Waals surface area contributed by atoms with Crippen LogP contribution in [0, 0.1) is 11.7 Å². The first kappa shape index (κ1) is 14.1. The average Bonchev–Trinajstić information content (AvgIpc) is 2.86. The number of nitrogens with zero attached hydrogens (tertiary/aromatic N) is 1. The number of fused-ring (bicyclic) bond motifs is 1. The van der Waals surface area contributed by atoms with E-state index in [2.05, 4.69) is 17.4 Å². The van der Waals surface area contributed by atoms with E-state index in [1.165, 1.54) is 18.2 Å². The Balaban J connectivity index is 1.83. The standard InChI is InChI=1S/C15H14ClFN2O2/c1-8-2-5-13-10(6-8)14(19-21-13)15(20)18-9-3-4-12(17)11(16)7-9/h3-4,7-8H,2,5-6H2,1H3,(H,18,20)/t8-/m1/s1. The van der Waals surface area contributed by atoms with E-state index in [0.29, 0.717) is 17.3 Å². The number of nitrogens with one attached hydrogen (secondary N) is 1. The first-order valence-electron chi connectivity index (χ1n) is 6.78. The number of carbonyl (C=O) groups is 1. The molecule has 0 fully saturated rings. The van der Waals surface area contributed by atoms with Gasteiger partial charge in [-0.3, -0.25) is 4.79 Å². The highest BCUT2D eigenvalue weighted by Gasteiger charge is 2.27. The molecule has 0 spiro atoms. The molecule has 0 radical (unpaired) electrons. The Hall–Kier alpha value is -1.88. The van der Waals surface area contributed by atoms with Crippen LogP contribution >= 0.6 is 11.6 Å². The summed E-state index contributed by atoms with van der Waals surface area (Å²) in [6, 6.07) is 4.02. The maximum absolute atomic E-state index is 13.1. The number of amides is 1. The Labute approximate surface area is 126 Å². The zero-order valence-electron chi connectivity index (χ0n) is 11.5. The molecular formula is C15H14ClFN2O2. The molecule has 0 unspecified atom stereocenters. The van der Waals surface area contributed by atoms with Crippen LogP contribution < -0.4 is 5.32 Å². The molecule has 1 amide bonds. The summed E-state index contributed by atoms with van der Waals surface area (Å²) in [6.07, 6.45) is 2.63. The van der Waals surface area contributed by atoms with Crippen molar-refractivity contribution in [1.82, 2.24) is 5.16 Å². The zero-order chi connectivity index (χ0) is 15.0. The van der Waals surface area contributed by atoms with Crippen LogP contribution in [0.3, 0.4) is 0 Å². The van der Waals surface area contributed by atoms with Crippen molar-refractivity contribution in [1.29, 1.82) is 0 Å². The lowest BCUT2D eigenvalue weighted by Crippen LogP contribution is -2.17. The van der Waals surface area contributed by atoms with Crippen molar-refractivity contribution in [2.75, 3.05) is 5.32 Å². The molecule has 2 aromatic rings.